The number of fused-ring (bicyclic) bond motifs is 5. The number of rotatable bonds is 1. The van der Waals surface area contributed by atoms with Gasteiger partial charge in [-0.25, -0.2) is 4.90 Å². The van der Waals surface area contributed by atoms with Crippen LogP contribution in [-0.4, -0.2) is 11.8 Å². The van der Waals surface area contributed by atoms with Crippen molar-refractivity contribution in [2.24, 2.45) is 23.7 Å². The number of nitrogens with zero attached hydrogens (tertiary/aromatic N) is 1. The first-order valence-electron chi connectivity index (χ1n) is 6.79. The predicted octanol–water partition coefficient (Wildman–Crippen LogP) is 2.89. The van der Waals surface area contributed by atoms with Crippen molar-refractivity contribution in [2.75, 3.05) is 10.6 Å². The number of carbonyl (C=O) groups excluding carboxylic acids is 2. The van der Waals surface area contributed by atoms with Gasteiger partial charge in [-0.15, -0.1) is 0 Å². The maximum atomic E-state index is 12.7. The smallest absolute Gasteiger partial charge is 0.238 e. The molecule has 1 aliphatic heterocycles. The second-order valence-corrected chi connectivity index (χ2v) is 6.65. The Labute approximate surface area is 131 Å². The van der Waals surface area contributed by atoms with Gasteiger partial charge in [0.05, 0.1) is 33.3 Å². The highest BCUT2D eigenvalue weighted by Crippen LogP contribution is 2.53. The van der Waals surface area contributed by atoms with Crippen molar-refractivity contribution in [2.45, 2.75) is 6.42 Å². The van der Waals surface area contributed by atoms with Crippen LogP contribution in [-0.2, 0) is 9.59 Å². The fraction of sp³-hybridized carbons (Fsp3) is 0.333. The molecule has 1 saturated carbocycles. The predicted molar refractivity (Wildman–Crippen MR) is 81.1 cm³/mol. The number of hydrogen-bond acceptors (Lipinski definition) is 3. The van der Waals surface area contributed by atoms with Crippen molar-refractivity contribution in [3.63, 3.8) is 0 Å². The minimum Gasteiger partial charge on any atom is -0.397 e. The van der Waals surface area contributed by atoms with Gasteiger partial charge in [-0.2, -0.15) is 0 Å². The molecule has 2 amide bonds. The number of benzene rings is 1. The second kappa shape index (κ2) is 4.24. The molecule has 4 rings (SSSR count). The molecule has 21 heavy (non-hydrogen) atoms. The summed E-state index contributed by atoms with van der Waals surface area (Å²) in [7, 11) is 0. The van der Waals surface area contributed by atoms with E-state index in [1.54, 1.807) is 0 Å². The minimum absolute atomic E-state index is 0.172. The highest BCUT2D eigenvalue weighted by molar-refractivity contribution is 6.42. The van der Waals surface area contributed by atoms with Crippen molar-refractivity contribution in [1.29, 1.82) is 0 Å². The number of nitrogens with two attached hydrogens (primary N) is 1. The number of hydrogen-bond donors (Lipinski definition) is 1. The van der Waals surface area contributed by atoms with Crippen LogP contribution in [0.1, 0.15) is 6.42 Å². The summed E-state index contributed by atoms with van der Waals surface area (Å²) in [5.41, 5.74) is 6.55. The number of allylic oxidation sites excluding steroid dienone is 2. The molecule has 2 bridgehead atoms. The van der Waals surface area contributed by atoms with E-state index in [0.717, 1.165) is 6.42 Å². The van der Waals surface area contributed by atoms with Gasteiger partial charge in [0.15, 0.2) is 0 Å². The summed E-state index contributed by atoms with van der Waals surface area (Å²) in [5, 5.41) is 0.582. The molecular weight excluding hydrogens is 311 g/mol. The van der Waals surface area contributed by atoms with Gasteiger partial charge in [0.2, 0.25) is 11.8 Å². The Balaban J connectivity index is 1.80. The lowest BCUT2D eigenvalue weighted by atomic mass is 9.85. The van der Waals surface area contributed by atoms with E-state index in [4.69, 9.17) is 28.9 Å². The molecule has 1 aromatic carbocycles. The van der Waals surface area contributed by atoms with Crippen molar-refractivity contribution in [1.82, 2.24) is 0 Å². The fourth-order valence-corrected chi connectivity index (χ4v) is 4.22. The molecule has 0 aromatic heterocycles. The summed E-state index contributed by atoms with van der Waals surface area (Å²) in [5.74, 6) is -0.502. The molecule has 2 fully saturated rings. The number of imide groups is 1. The van der Waals surface area contributed by atoms with Crippen LogP contribution in [0.25, 0.3) is 0 Å². The highest BCUT2D eigenvalue weighted by Gasteiger charge is 2.59. The quantitative estimate of drug-likeness (QED) is 0.491. The van der Waals surface area contributed by atoms with Crippen molar-refractivity contribution < 1.29 is 9.59 Å². The van der Waals surface area contributed by atoms with Gasteiger partial charge in [0.25, 0.3) is 0 Å². The Hall–Kier alpha value is -1.52. The molecule has 1 aromatic rings. The van der Waals surface area contributed by atoms with Crippen LogP contribution in [0.5, 0.6) is 0 Å². The lowest BCUT2D eigenvalue weighted by Gasteiger charge is -2.19. The first kappa shape index (κ1) is 13.2. The summed E-state index contributed by atoms with van der Waals surface area (Å²) >= 11 is 11.9. The summed E-state index contributed by atoms with van der Waals surface area (Å²) in [6, 6.07) is 2.96. The molecule has 2 N–H and O–H groups in total. The molecule has 0 spiro atoms. The maximum absolute atomic E-state index is 12.7. The van der Waals surface area contributed by atoms with Crippen LogP contribution in [0, 0.1) is 23.7 Å². The topological polar surface area (TPSA) is 63.4 Å². The zero-order valence-corrected chi connectivity index (χ0v) is 12.4. The standard InChI is InChI=1S/C15H12Cl2N2O2/c16-8-4-10(18)11(5-9(8)17)19-14(20)12-6-1-2-7(3-6)13(12)15(19)21/h1-2,4-7,12-13H,3,18H2. The summed E-state index contributed by atoms with van der Waals surface area (Å²) < 4.78 is 0. The monoisotopic (exact) mass is 322 g/mol. The van der Waals surface area contributed by atoms with Crippen LogP contribution in [0.15, 0.2) is 24.3 Å². The first-order valence-corrected chi connectivity index (χ1v) is 7.55. The van der Waals surface area contributed by atoms with Gasteiger partial charge in [-0.05, 0) is 30.4 Å². The molecule has 4 unspecified atom stereocenters. The van der Waals surface area contributed by atoms with E-state index in [9.17, 15) is 9.59 Å². The third kappa shape index (κ3) is 1.63. The van der Waals surface area contributed by atoms with Crippen molar-refractivity contribution >= 4 is 46.4 Å². The van der Waals surface area contributed by atoms with E-state index in [0.29, 0.717) is 10.7 Å². The average molecular weight is 323 g/mol. The molecule has 6 heteroatoms. The normalized spacial score (nSPS) is 33.1. The lowest BCUT2D eigenvalue weighted by molar-refractivity contribution is -0.123. The fourth-order valence-electron chi connectivity index (χ4n) is 3.89. The first-order chi connectivity index (χ1) is 9.99. The average Bonchev–Trinajstić information content (AvgIpc) is 3.09. The highest BCUT2D eigenvalue weighted by atomic mass is 35.5. The minimum atomic E-state index is -0.249. The number of halogens is 2. The van der Waals surface area contributed by atoms with Crippen molar-refractivity contribution in [3.05, 3.63) is 34.3 Å². The summed E-state index contributed by atoms with van der Waals surface area (Å²) in [6.07, 6.45) is 5.01. The zero-order chi connectivity index (χ0) is 14.9. The lowest BCUT2D eigenvalue weighted by Crippen LogP contribution is -2.33. The summed E-state index contributed by atoms with van der Waals surface area (Å²) in [6.45, 7) is 0. The molecule has 1 saturated heterocycles. The van der Waals surface area contributed by atoms with Crippen LogP contribution in [0.4, 0.5) is 11.4 Å². The van der Waals surface area contributed by atoms with Crippen LogP contribution < -0.4 is 10.6 Å². The Kier molecular flexibility index (Phi) is 2.66. The number of nitrogen functional groups attached to an aromatic ring is 1. The molecule has 2 aliphatic carbocycles. The Morgan fingerprint density at radius 3 is 2.10 bits per heavy atom. The Bertz CT molecular complexity index is 686. The zero-order valence-electron chi connectivity index (χ0n) is 10.9. The van der Waals surface area contributed by atoms with Gasteiger partial charge in [-0.1, -0.05) is 35.4 Å². The molecule has 1 heterocycles. The van der Waals surface area contributed by atoms with E-state index in [-0.39, 0.29) is 46.2 Å². The van der Waals surface area contributed by atoms with Crippen LogP contribution in [0.3, 0.4) is 0 Å². The molecule has 4 atom stereocenters. The van der Waals surface area contributed by atoms with Gasteiger partial charge < -0.3 is 5.73 Å². The van der Waals surface area contributed by atoms with Gasteiger partial charge in [-0.3, -0.25) is 9.59 Å². The largest absolute Gasteiger partial charge is 0.397 e. The van der Waals surface area contributed by atoms with Crippen molar-refractivity contribution in [3.8, 4) is 0 Å². The third-order valence-electron chi connectivity index (χ3n) is 4.78. The van der Waals surface area contributed by atoms with Gasteiger partial charge >= 0.3 is 0 Å². The number of anilines is 2. The van der Waals surface area contributed by atoms with Crippen LogP contribution >= 0.6 is 23.2 Å². The van der Waals surface area contributed by atoms with E-state index in [2.05, 4.69) is 12.2 Å². The second-order valence-electron chi connectivity index (χ2n) is 5.84. The van der Waals surface area contributed by atoms with E-state index >= 15 is 0 Å². The van der Waals surface area contributed by atoms with Gasteiger partial charge in [0, 0.05) is 0 Å². The number of carbonyl (C=O) groups is 2. The Morgan fingerprint density at radius 1 is 1.00 bits per heavy atom. The SMILES string of the molecule is Nc1cc(Cl)c(Cl)cc1N1C(=O)C2C3C=CC(C3)C2C1=O. The molecule has 108 valence electrons. The van der Waals surface area contributed by atoms with Gasteiger partial charge in [0.1, 0.15) is 0 Å². The third-order valence-corrected chi connectivity index (χ3v) is 5.50. The number of amides is 2. The van der Waals surface area contributed by atoms with E-state index < -0.39 is 0 Å². The molecule has 3 aliphatic rings. The van der Waals surface area contributed by atoms with Crippen LogP contribution in [0.2, 0.25) is 10.0 Å². The molecule has 0 radical (unpaired) electrons. The summed E-state index contributed by atoms with van der Waals surface area (Å²) in [4.78, 5) is 26.5. The van der Waals surface area contributed by atoms with E-state index in [1.165, 1.54) is 17.0 Å². The molecule has 4 nitrogen and oxygen atoms in total. The maximum Gasteiger partial charge on any atom is 0.238 e. The Morgan fingerprint density at radius 2 is 1.52 bits per heavy atom. The molecular formula is C15H12Cl2N2O2. The van der Waals surface area contributed by atoms with E-state index in [1.807, 2.05) is 0 Å².